The number of rotatable bonds is 3. The van der Waals surface area contributed by atoms with Gasteiger partial charge in [0, 0.05) is 5.41 Å². The molecule has 0 radical (unpaired) electrons. The first-order valence-electron chi connectivity index (χ1n) is 6.74. The quantitative estimate of drug-likeness (QED) is 0.665. The summed E-state index contributed by atoms with van der Waals surface area (Å²) in [4.78, 5) is 12.4. The fourth-order valence-electron chi connectivity index (χ4n) is 3.33. The van der Waals surface area contributed by atoms with Crippen LogP contribution >= 0.6 is 0 Å². The molecule has 0 amide bonds. The number of carbonyl (C=O) groups excluding carboxylic acids is 1. The van der Waals surface area contributed by atoms with Gasteiger partial charge in [0.15, 0.2) is 5.78 Å². The van der Waals surface area contributed by atoms with Gasteiger partial charge in [-0.2, -0.15) is 0 Å². The minimum atomic E-state index is -1.70. The van der Waals surface area contributed by atoms with Gasteiger partial charge in [-0.25, -0.2) is 0 Å². The Morgan fingerprint density at radius 3 is 2.68 bits per heavy atom. The largest absolute Gasteiger partial charge is 0.393 e. The van der Waals surface area contributed by atoms with Gasteiger partial charge in [-0.15, -0.1) is 0 Å². The molecule has 0 aromatic heterocycles. The number of carbonyl (C=O) groups is 1. The first-order chi connectivity index (χ1) is 8.87. The Labute approximate surface area is 113 Å². The second kappa shape index (κ2) is 4.85. The molecular formula is C15H22O4. The molecule has 2 aliphatic carbocycles. The summed E-state index contributed by atoms with van der Waals surface area (Å²) >= 11 is 0. The van der Waals surface area contributed by atoms with Crippen LogP contribution in [0.5, 0.6) is 0 Å². The standard InChI is InChI=1S/C15H22O4/c1-10-4-3-5-14(2)12(10)6-11(7-13(14)18)15(19,8-16)9-17/h7,12,16-17,19H,1,3-6,8-9H2,2H3/t12-,14-/m0/s1. The molecule has 106 valence electrons. The zero-order valence-electron chi connectivity index (χ0n) is 11.4. The predicted octanol–water partition coefficient (Wildman–Crippen LogP) is 0.964. The van der Waals surface area contributed by atoms with Crippen LogP contribution in [0, 0.1) is 11.3 Å². The molecule has 0 bridgehead atoms. The molecule has 1 saturated carbocycles. The summed E-state index contributed by atoms with van der Waals surface area (Å²) in [7, 11) is 0. The van der Waals surface area contributed by atoms with Crippen molar-refractivity contribution in [1.82, 2.24) is 0 Å². The summed E-state index contributed by atoms with van der Waals surface area (Å²) in [5.74, 6) is -0.0294. The van der Waals surface area contributed by atoms with Crippen LogP contribution < -0.4 is 0 Å². The first-order valence-corrected chi connectivity index (χ1v) is 6.74. The fourth-order valence-corrected chi connectivity index (χ4v) is 3.33. The second-order valence-corrected chi connectivity index (χ2v) is 6.07. The van der Waals surface area contributed by atoms with Gasteiger partial charge < -0.3 is 15.3 Å². The smallest absolute Gasteiger partial charge is 0.162 e. The van der Waals surface area contributed by atoms with Gasteiger partial charge in [-0.3, -0.25) is 4.79 Å². The number of aliphatic hydroxyl groups is 3. The van der Waals surface area contributed by atoms with Crippen LogP contribution in [0.2, 0.25) is 0 Å². The van der Waals surface area contributed by atoms with Crippen LogP contribution in [0.15, 0.2) is 23.8 Å². The third kappa shape index (κ3) is 2.18. The molecule has 0 saturated heterocycles. The van der Waals surface area contributed by atoms with E-state index in [0.717, 1.165) is 24.8 Å². The summed E-state index contributed by atoms with van der Waals surface area (Å²) in [6, 6.07) is 0. The molecule has 0 unspecified atom stereocenters. The number of aliphatic hydroxyl groups excluding tert-OH is 2. The van der Waals surface area contributed by atoms with E-state index in [0.29, 0.717) is 12.0 Å². The number of hydrogen-bond donors (Lipinski definition) is 3. The number of allylic oxidation sites excluding steroid dienone is 2. The van der Waals surface area contributed by atoms with E-state index < -0.39 is 24.2 Å². The van der Waals surface area contributed by atoms with Gasteiger partial charge in [0.05, 0.1) is 13.2 Å². The maximum absolute atomic E-state index is 12.4. The van der Waals surface area contributed by atoms with Gasteiger partial charge in [-0.05, 0) is 43.3 Å². The van der Waals surface area contributed by atoms with Crippen LogP contribution in [0.4, 0.5) is 0 Å². The average Bonchev–Trinajstić information content (AvgIpc) is 2.40. The Hall–Kier alpha value is -0.970. The highest BCUT2D eigenvalue weighted by Gasteiger charge is 2.48. The molecule has 2 aliphatic rings. The highest BCUT2D eigenvalue weighted by Crippen LogP contribution is 2.51. The van der Waals surface area contributed by atoms with Crippen molar-refractivity contribution in [3.63, 3.8) is 0 Å². The minimum absolute atomic E-state index is 0.00150. The number of hydrogen-bond acceptors (Lipinski definition) is 4. The van der Waals surface area contributed by atoms with E-state index in [4.69, 9.17) is 0 Å². The van der Waals surface area contributed by atoms with Crippen LogP contribution in [0.1, 0.15) is 32.6 Å². The Kier molecular flexibility index (Phi) is 3.69. The highest BCUT2D eigenvalue weighted by molar-refractivity contribution is 5.97. The van der Waals surface area contributed by atoms with Gasteiger partial charge in [0.25, 0.3) is 0 Å². The number of ketones is 1. The van der Waals surface area contributed by atoms with Crippen molar-refractivity contribution in [1.29, 1.82) is 0 Å². The molecule has 4 heteroatoms. The van der Waals surface area contributed by atoms with E-state index in [-0.39, 0.29) is 11.7 Å². The summed E-state index contributed by atoms with van der Waals surface area (Å²) in [6.07, 6.45) is 4.60. The third-order valence-electron chi connectivity index (χ3n) is 4.87. The van der Waals surface area contributed by atoms with Crippen molar-refractivity contribution >= 4 is 5.78 Å². The lowest BCUT2D eigenvalue weighted by Gasteiger charge is -2.46. The van der Waals surface area contributed by atoms with Crippen LogP contribution in [-0.2, 0) is 4.79 Å². The average molecular weight is 266 g/mol. The Bertz CT molecular complexity index is 433. The molecule has 0 aliphatic heterocycles. The molecule has 3 N–H and O–H groups in total. The lowest BCUT2D eigenvalue weighted by atomic mass is 9.58. The molecular weight excluding hydrogens is 244 g/mol. The van der Waals surface area contributed by atoms with E-state index >= 15 is 0 Å². The fraction of sp³-hybridized carbons (Fsp3) is 0.667. The van der Waals surface area contributed by atoms with E-state index in [1.807, 2.05) is 6.92 Å². The lowest BCUT2D eigenvalue weighted by Crippen LogP contribution is -2.48. The van der Waals surface area contributed by atoms with Gasteiger partial charge in [0.1, 0.15) is 5.60 Å². The predicted molar refractivity (Wildman–Crippen MR) is 71.4 cm³/mol. The zero-order chi connectivity index (χ0) is 14.3. The monoisotopic (exact) mass is 266 g/mol. The van der Waals surface area contributed by atoms with Crippen molar-refractivity contribution in [3.05, 3.63) is 23.8 Å². The molecule has 2 rings (SSSR count). The topological polar surface area (TPSA) is 77.8 Å². The van der Waals surface area contributed by atoms with Gasteiger partial charge in [0.2, 0.25) is 0 Å². The second-order valence-electron chi connectivity index (χ2n) is 6.07. The molecule has 0 aromatic carbocycles. The zero-order valence-corrected chi connectivity index (χ0v) is 11.4. The third-order valence-corrected chi connectivity index (χ3v) is 4.87. The highest BCUT2D eigenvalue weighted by atomic mass is 16.4. The van der Waals surface area contributed by atoms with Crippen LogP contribution in [0.25, 0.3) is 0 Å². The van der Waals surface area contributed by atoms with Crippen molar-refractivity contribution in [2.24, 2.45) is 11.3 Å². The summed E-state index contributed by atoms with van der Waals surface area (Å²) in [6.45, 7) is 4.84. The molecule has 19 heavy (non-hydrogen) atoms. The summed E-state index contributed by atoms with van der Waals surface area (Å²) < 4.78 is 0. The summed E-state index contributed by atoms with van der Waals surface area (Å²) in [5, 5.41) is 28.7. The lowest BCUT2D eigenvalue weighted by molar-refractivity contribution is -0.128. The van der Waals surface area contributed by atoms with Crippen molar-refractivity contribution < 1.29 is 20.1 Å². The van der Waals surface area contributed by atoms with Crippen LogP contribution in [-0.4, -0.2) is 39.9 Å². The molecule has 2 atom stereocenters. The van der Waals surface area contributed by atoms with Crippen molar-refractivity contribution in [2.45, 2.75) is 38.2 Å². The van der Waals surface area contributed by atoms with Crippen LogP contribution in [0.3, 0.4) is 0 Å². The SMILES string of the molecule is C=C1CCC[C@]2(C)C(=O)C=C(C(O)(CO)CO)C[C@@H]12. The first kappa shape index (κ1) is 14.4. The Morgan fingerprint density at radius 1 is 1.47 bits per heavy atom. The maximum Gasteiger partial charge on any atom is 0.162 e. The molecule has 4 nitrogen and oxygen atoms in total. The van der Waals surface area contributed by atoms with E-state index in [1.54, 1.807) is 0 Å². The molecule has 0 spiro atoms. The minimum Gasteiger partial charge on any atom is -0.393 e. The van der Waals surface area contributed by atoms with Gasteiger partial charge >= 0.3 is 0 Å². The van der Waals surface area contributed by atoms with Crippen molar-refractivity contribution in [3.8, 4) is 0 Å². The molecule has 0 aromatic rings. The Balaban J connectivity index is 2.39. The maximum atomic E-state index is 12.4. The van der Waals surface area contributed by atoms with Crippen molar-refractivity contribution in [2.75, 3.05) is 13.2 Å². The number of fused-ring (bicyclic) bond motifs is 1. The van der Waals surface area contributed by atoms with Gasteiger partial charge in [-0.1, -0.05) is 19.1 Å². The Morgan fingerprint density at radius 2 is 2.11 bits per heavy atom. The van der Waals surface area contributed by atoms with E-state index in [9.17, 15) is 20.1 Å². The summed E-state index contributed by atoms with van der Waals surface area (Å²) in [5.41, 5.74) is -0.682. The molecule has 1 fully saturated rings. The van der Waals surface area contributed by atoms with E-state index in [1.165, 1.54) is 6.08 Å². The normalized spacial score (nSPS) is 32.0. The molecule has 0 heterocycles. The van der Waals surface area contributed by atoms with E-state index in [2.05, 4.69) is 6.58 Å².